The van der Waals surface area contributed by atoms with E-state index in [2.05, 4.69) is 18.5 Å². The van der Waals surface area contributed by atoms with Crippen molar-refractivity contribution in [2.24, 2.45) is 0 Å². The third kappa shape index (κ3) is 4.17. The Labute approximate surface area is 112 Å². The third-order valence-electron chi connectivity index (χ3n) is 2.32. The first kappa shape index (κ1) is 14.2. The lowest BCUT2D eigenvalue weighted by Gasteiger charge is -2.18. The van der Waals surface area contributed by atoms with Gasteiger partial charge >= 0.3 is 0 Å². The molecule has 0 spiro atoms. The van der Waals surface area contributed by atoms with E-state index in [0.717, 1.165) is 18.7 Å². The fourth-order valence-corrected chi connectivity index (χ4v) is 2.44. The van der Waals surface area contributed by atoms with Gasteiger partial charge in [-0.15, -0.1) is 0 Å². The van der Waals surface area contributed by atoms with Gasteiger partial charge in [0.1, 0.15) is 0 Å². The molecule has 1 atom stereocenters. The molecule has 1 aromatic carbocycles. The minimum atomic E-state index is 0.352. The maximum absolute atomic E-state index is 6.03. The number of hydrogen-bond donors (Lipinski definition) is 1. The summed E-state index contributed by atoms with van der Waals surface area (Å²) in [5.74, 6) is 1.04. The predicted molar refractivity (Wildman–Crippen MR) is 75.9 cm³/mol. The Morgan fingerprint density at radius 1 is 1.31 bits per heavy atom. The third-order valence-corrected chi connectivity index (χ3v) is 3.73. The van der Waals surface area contributed by atoms with Gasteiger partial charge in [0.25, 0.3) is 0 Å². The van der Waals surface area contributed by atoms with Gasteiger partial charge in [0.2, 0.25) is 0 Å². The van der Waals surface area contributed by atoms with Crippen molar-refractivity contribution in [1.29, 1.82) is 0 Å². The molecule has 0 radical (unpaired) electrons. The van der Waals surface area contributed by atoms with Gasteiger partial charge in [-0.05, 0) is 36.9 Å². The average Bonchev–Trinajstić information content (AvgIpc) is 2.28. The van der Waals surface area contributed by atoms with Crippen molar-refractivity contribution in [3.63, 3.8) is 0 Å². The van der Waals surface area contributed by atoms with E-state index in [9.17, 15) is 0 Å². The van der Waals surface area contributed by atoms with Crippen LogP contribution in [0.3, 0.4) is 0 Å². The fourth-order valence-electron chi connectivity index (χ4n) is 1.49. The van der Waals surface area contributed by atoms with Gasteiger partial charge in [0.05, 0.1) is 10.0 Å². The summed E-state index contributed by atoms with van der Waals surface area (Å²) in [6.07, 6.45) is 3.24. The number of benzene rings is 1. The van der Waals surface area contributed by atoms with Gasteiger partial charge in [-0.3, -0.25) is 0 Å². The van der Waals surface area contributed by atoms with Crippen molar-refractivity contribution in [2.45, 2.75) is 19.4 Å². The monoisotopic (exact) mass is 277 g/mol. The number of rotatable bonds is 6. The normalized spacial score (nSPS) is 12.8. The molecule has 1 aromatic rings. The molecule has 0 amide bonds. The van der Waals surface area contributed by atoms with Gasteiger partial charge in [-0.1, -0.05) is 36.2 Å². The van der Waals surface area contributed by atoms with Crippen LogP contribution in [-0.4, -0.2) is 18.6 Å². The highest BCUT2D eigenvalue weighted by atomic mass is 35.5. The van der Waals surface area contributed by atoms with Gasteiger partial charge in [-0.2, -0.15) is 11.8 Å². The molecule has 1 unspecified atom stereocenters. The summed E-state index contributed by atoms with van der Waals surface area (Å²) >= 11 is 13.8. The molecule has 4 heteroatoms. The molecule has 0 aliphatic heterocycles. The van der Waals surface area contributed by atoms with Crippen molar-refractivity contribution in [2.75, 3.05) is 18.6 Å². The Bertz CT molecular complexity index is 331. The largest absolute Gasteiger partial charge is 0.309 e. The first-order valence-electron chi connectivity index (χ1n) is 5.36. The average molecular weight is 278 g/mol. The Hall–Kier alpha value is 0.110. The second-order valence-corrected chi connectivity index (χ2v) is 5.36. The Balaban J connectivity index is 2.78. The maximum Gasteiger partial charge on any atom is 0.0595 e. The molecule has 1 rings (SSSR count). The van der Waals surface area contributed by atoms with Crippen LogP contribution in [0.2, 0.25) is 10.0 Å². The summed E-state index contributed by atoms with van der Waals surface area (Å²) < 4.78 is 0. The van der Waals surface area contributed by atoms with Crippen LogP contribution in [0.25, 0.3) is 0 Å². The van der Waals surface area contributed by atoms with E-state index < -0.39 is 0 Å². The summed E-state index contributed by atoms with van der Waals surface area (Å²) in [5.41, 5.74) is 1.21. The van der Waals surface area contributed by atoms with Crippen molar-refractivity contribution in [3.8, 4) is 0 Å². The molecule has 90 valence electrons. The second-order valence-electron chi connectivity index (χ2n) is 3.64. The highest BCUT2D eigenvalue weighted by Crippen LogP contribution is 2.26. The Kier molecular flexibility index (Phi) is 6.59. The van der Waals surface area contributed by atoms with Crippen molar-refractivity contribution in [1.82, 2.24) is 5.32 Å². The zero-order valence-electron chi connectivity index (χ0n) is 9.59. The molecule has 0 fully saturated rings. The molecule has 0 aromatic heterocycles. The van der Waals surface area contributed by atoms with Crippen LogP contribution < -0.4 is 5.32 Å². The van der Waals surface area contributed by atoms with E-state index >= 15 is 0 Å². The van der Waals surface area contributed by atoms with Crippen molar-refractivity contribution >= 4 is 35.0 Å². The van der Waals surface area contributed by atoms with Crippen LogP contribution in [0.4, 0.5) is 0 Å². The molecule has 1 nitrogen and oxygen atoms in total. The number of halogens is 2. The minimum absolute atomic E-state index is 0.352. The summed E-state index contributed by atoms with van der Waals surface area (Å²) in [7, 11) is 0. The summed E-state index contributed by atoms with van der Waals surface area (Å²) in [5, 5.41) is 4.75. The summed E-state index contributed by atoms with van der Waals surface area (Å²) in [4.78, 5) is 0. The molecule has 16 heavy (non-hydrogen) atoms. The SMILES string of the molecule is CCCNC(CSC)c1ccc(Cl)c(Cl)c1. The van der Waals surface area contributed by atoms with Crippen LogP contribution in [-0.2, 0) is 0 Å². The molecular formula is C12H17Cl2NS. The lowest BCUT2D eigenvalue weighted by molar-refractivity contribution is 0.578. The predicted octanol–water partition coefficient (Wildman–Crippen LogP) is 4.40. The molecule has 0 saturated heterocycles. The van der Waals surface area contributed by atoms with Gasteiger partial charge < -0.3 is 5.32 Å². The van der Waals surface area contributed by atoms with E-state index in [1.54, 1.807) is 0 Å². The zero-order valence-corrected chi connectivity index (χ0v) is 11.9. The van der Waals surface area contributed by atoms with Gasteiger partial charge in [0, 0.05) is 11.8 Å². The minimum Gasteiger partial charge on any atom is -0.309 e. The summed E-state index contributed by atoms with van der Waals surface area (Å²) in [6, 6.07) is 6.20. The lowest BCUT2D eigenvalue weighted by Crippen LogP contribution is -2.24. The van der Waals surface area contributed by atoms with Crippen LogP contribution in [0.15, 0.2) is 18.2 Å². The van der Waals surface area contributed by atoms with Crippen molar-refractivity contribution < 1.29 is 0 Å². The van der Waals surface area contributed by atoms with Crippen molar-refractivity contribution in [3.05, 3.63) is 33.8 Å². The molecule has 0 aliphatic carbocycles. The highest BCUT2D eigenvalue weighted by Gasteiger charge is 2.11. The summed E-state index contributed by atoms with van der Waals surface area (Å²) in [6.45, 7) is 3.18. The van der Waals surface area contributed by atoms with E-state index in [1.165, 1.54) is 5.56 Å². The van der Waals surface area contributed by atoms with Crippen LogP contribution in [0.5, 0.6) is 0 Å². The van der Waals surface area contributed by atoms with E-state index in [-0.39, 0.29) is 0 Å². The van der Waals surface area contributed by atoms with Crippen LogP contribution >= 0.6 is 35.0 Å². The maximum atomic E-state index is 6.03. The topological polar surface area (TPSA) is 12.0 Å². The van der Waals surface area contributed by atoms with E-state index in [0.29, 0.717) is 16.1 Å². The fraction of sp³-hybridized carbons (Fsp3) is 0.500. The molecular weight excluding hydrogens is 261 g/mol. The van der Waals surface area contributed by atoms with Gasteiger partial charge in [0.15, 0.2) is 0 Å². The zero-order chi connectivity index (χ0) is 12.0. The lowest BCUT2D eigenvalue weighted by atomic mass is 10.1. The van der Waals surface area contributed by atoms with E-state index in [4.69, 9.17) is 23.2 Å². The Morgan fingerprint density at radius 3 is 2.62 bits per heavy atom. The quantitative estimate of drug-likeness (QED) is 0.827. The smallest absolute Gasteiger partial charge is 0.0595 e. The highest BCUT2D eigenvalue weighted by molar-refractivity contribution is 7.98. The van der Waals surface area contributed by atoms with Crippen LogP contribution in [0, 0.1) is 0 Å². The molecule has 1 N–H and O–H groups in total. The number of hydrogen-bond acceptors (Lipinski definition) is 2. The van der Waals surface area contributed by atoms with E-state index in [1.807, 2.05) is 30.0 Å². The standard InChI is InChI=1S/C12H17Cl2NS/c1-3-6-15-12(8-16-2)9-4-5-10(13)11(14)7-9/h4-5,7,12,15H,3,6,8H2,1-2H3. The van der Waals surface area contributed by atoms with Crippen LogP contribution in [0.1, 0.15) is 24.9 Å². The Morgan fingerprint density at radius 2 is 2.06 bits per heavy atom. The first-order valence-corrected chi connectivity index (χ1v) is 7.51. The number of thioether (sulfide) groups is 1. The van der Waals surface area contributed by atoms with Gasteiger partial charge in [-0.25, -0.2) is 0 Å². The molecule has 0 aliphatic rings. The number of nitrogens with one attached hydrogen (secondary N) is 1. The molecule has 0 heterocycles. The second kappa shape index (κ2) is 7.44. The first-order chi connectivity index (χ1) is 7.69. The molecule has 0 bridgehead atoms. The molecule has 0 saturated carbocycles.